The van der Waals surface area contributed by atoms with Crippen molar-refractivity contribution in [1.82, 2.24) is 9.88 Å². The smallest absolute Gasteiger partial charge is 0.253 e. The number of carbonyl (C=O) groups is 2. The average molecular weight is 367 g/mol. The summed E-state index contributed by atoms with van der Waals surface area (Å²) in [7, 11) is 1.55. The average Bonchev–Trinajstić information content (AvgIpc) is 2.67. The Morgan fingerprint density at radius 2 is 1.93 bits per heavy atom. The molecule has 142 valence electrons. The van der Waals surface area contributed by atoms with Crippen LogP contribution in [0.4, 0.5) is 5.69 Å². The Hall–Kier alpha value is -2.89. The van der Waals surface area contributed by atoms with Crippen LogP contribution in [0.25, 0.3) is 0 Å². The fraction of sp³-hybridized carbons (Fsp3) is 0.381. The molecule has 27 heavy (non-hydrogen) atoms. The summed E-state index contributed by atoms with van der Waals surface area (Å²) in [4.78, 5) is 31.4. The minimum atomic E-state index is -0.226. The summed E-state index contributed by atoms with van der Waals surface area (Å²) >= 11 is 0. The molecule has 0 saturated carbocycles. The summed E-state index contributed by atoms with van der Waals surface area (Å²) < 4.78 is 5.02. The maximum absolute atomic E-state index is 12.9. The predicted molar refractivity (Wildman–Crippen MR) is 104 cm³/mol. The van der Waals surface area contributed by atoms with Crippen molar-refractivity contribution in [2.45, 2.75) is 26.7 Å². The predicted octanol–water partition coefficient (Wildman–Crippen LogP) is 3.20. The molecule has 0 aliphatic carbocycles. The SMILES string of the molecule is COc1ccc(NC(=O)C2CCCN(C(=O)c3cc(C)cc(C)c3)C2)cn1. The Labute approximate surface area is 159 Å². The van der Waals surface area contributed by atoms with Crippen LogP contribution in [0.5, 0.6) is 5.88 Å². The second-order valence-electron chi connectivity index (χ2n) is 7.05. The molecule has 0 radical (unpaired) electrons. The molecular weight excluding hydrogens is 342 g/mol. The van der Waals surface area contributed by atoms with Crippen molar-refractivity contribution in [3.8, 4) is 5.88 Å². The number of hydrogen-bond acceptors (Lipinski definition) is 4. The van der Waals surface area contributed by atoms with Gasteiger partial charge >= 0.3 is 0 Å². The van der Waals surface area contributed by atoms with Crippen LogP contribution in [0.1, 0.15) is 34.3 Å². The molecule has 2 aromatic rings. The highest BCUT2D eigenvalue weighted by Gasteiger charge is 2.29. The molecule has 0 spiro atoms. The monoisotopic (exact) mass is 367 g/mol. The van der Waals surface area contributed by atoms with Crippen LogP contribution < -0.4 is 10.1 Å². The molecule has 1 saturated heterocycles. The van der Waals surface area contributed by atoms with Crippen molar-refractivity contribution in [3.05, 3.63) is 53.2 Å². The van der Waals surface area contributed by atoms with Crippen LogP contribution in [-0.4, -0.2) is 41.9 Å². The fourth-order valence-electron chi connectivity index (χ4n) is 3.48. The minimum absolute atomic E-state index is 0.00888. The quantitative estimate of drug-likeness (QED) is 0.901. The number of amides is 2. The number of nitrogens with zero attached hydrogens (tertiary/aromatic N) is 2. The van der Waals surface area contributed by atoms with Gasteiger partial charge in [-0.25, -0.2) is 4.98 Å². The van der Waals surface area contributed by atoms with Crippen molar-refractivity contribution >= 4 is 17.5 Å². The van der Waals surface area contributed by atoms with Gasteiger partial charge in [0.05, 0.1) is 24.9 Å². The van der Waals surface area contributed by atoms with Crippen molar-refractivity contribution in [2.24, 2.45) is 5.92 Å². The van der Waals surface area contributed by atoms with E-state index in [1.807, 2.05) is 32.0 Å². The van der Waals surface area contributed by atoms with Crippen LogP contribution in [0, 0.1) is 19.8 Å². The number of carbonyl (C=O) groups excluding carboxylic acids is 2. The number of methoxy groups -OCH3 is 1. The molecule has 1 N–H and O–H groups in total. The number of likely N-dealkylation sites (tertiary alicyclic amines) is 1. The van der Waals surface area contributed by atoms with Gasteiger partial charge in [0.25, 0.3) is 5.91 Å². The zero-order valence-corrected chi connectivity index (χ0v) is 16.0. The molecular formula is C21H25N3O3. The third kappa shape index (κ3) is 4.64. The van der Waals surface area contributed by atoms with Gasteiger partial charge in [-0.3, -0.25) is 9.59 Å². The largest absolute Gasteiger partial charge is 0.481 e. The third-order valence-corrected chi connectivity index (χ3v) is 4.76. The molecule has 3 rings (SSSR count). The number of anilines is 1. The van der Waals surface area contributed by atoms with Crippen molar-refractivity contribution in [3.63, 3.8) is 0 Å². The van der Waals surface area contributed by atoms with Crippen LogP contribution in [0.2, 0.25) is 0 Å². The lowest BCUT2D eigenvalue weighted by Gasteiger charge is -2.32. The molecule has 2 amide bonds. The molecule has 6 heteroatoms. The Kier molecular flexibility index (Phi) is 5.74. The number of benzene rings is 1. The molecule has 2 heterocycles. The number of rotatable bonds is 4. The second kappa shape index (κ2) is 8.20. The molecule has 1 aromatic carbocycles. The normalized spacial score (nSPS) is 16.7. The van der Waals surface area contributed by atoms with Crippen LogP contribution in [0.15, 0.2) is 36.5 Å². The lowest BCUT2D eigenvalue weighted by Crippen LogP contribution is -2.43. The van der Waals surface area contributed by atoms with Gasteiger partial charge in [0.1, 0.15) is 0 Å². The number of nitrogens with one attached hydrogen (secondary N) is 1. The standard InChI is InChI=1S/C21H25N3O3/c1-14-9-15(2)11-17(10-14)21(26)24-8-4-5-16(13-24)20(25)23-18-6-7-19(27-3)22-12-18/h6-7,9-12,16H,4-5,8,13H2,1-3H3,(H,23,25). The van der Waals surface area contributed by atoms with E-state index in [0.717, 1.165) is 24.0 Å². The van der Waals surface area contributed by atoms with Crippen molar-refractivity contribution in [2.75, 3.05) is 25.5 Å². The van der Waals surface area contributed by atoms with Gasteiger partial charge in [-0.15, -0.1) is 0 Å². The van der Waals surface area contributed by atoms with E-state index in [2.05, 4.69) is 10.3 Å². The molecule has 1 aliphatic rings. The van der Waals surface area contributed by atoms with Gasteiger partial charge in [-0.05, 0) is 44.9 Å². The molecule has 1 fully saturated rings. The first kappa shape index (κ1) is 18.9. The van der Waals surface area contributed by atoms with Gasteiger partial charge in [-0.1, -0.05) is 17.2 Å². The van der Waals surface area contributed by atoms with Gasteiger partial charge in [-0.2, -0.15) is 0 Å². The number of piperidine rings is 1. The first-order valence-corrected chi connectivity index (χ1v) is 9.15. The van der Waals surface area contributed by atoms with Crippen molar-refractivity contribution < 1.29 is 14.3 Å². The lowest BCUT2D eigenvalue weighted by atomic mass is 9.96. The molecule has 1 unspecified atom stereocenters. The van der Waals surface area contributed by atoms with E-state index in [1.165, 1.54) is 0 Å². The Morgan fingerprint density at radius 3 is 2.56 bits per heavy atom. The zero-order chi connectivity index (χ0) is 19.4. The molecule has 0 bridgehead atoms. The van der Waals surface area contributed by atoms with Crippen LogP contribution in [0.3, 0.4) is 0 Å². The van der Waals surface area contributed by atoms with Crippen LogP contribution in [-0.2, 0) is 4.79 Å². The summed E-state index contributed by atoms with van der Waals surface area (Å²) in [5, 5.41) is 2.89. The van der Waals surface area contributed by atoms with Gasteiger partial charge in [0, 0.05) is 24.7 Å². The highest BCUT2D eigenvalue weighted by Crippen LogP contribution is 2.22. The fourth-order valence-corrected chi connectivity index (χ4v) is 3.48. The number of pyridine rings is 1. The number of hydrogen-bond donors (Lipinski definition) is 1. The Bertz CT molecular complexity index is 813. The van der Waals surface area contributed by atoms with E-state index in [0.29, 0.717) is 30.2 Å². The molecule has 1 atom stereocenters. The summed E-state index contributed by atoms with van der Waals surface area (Å²) in [6.07, 6.45) is 3.15. The lowest BCUT2D eigenvalue weighted by molar-refractivity contribution is -0.121. The van der Waals surface area contributed by atoms with Gasteiger partial charge in [0.2, 0.25) is 11.8 Å². The number of ether oxygens (including phenoxy) is 1. The summed E-state index contributed by atoms with van der Waals surface area (Å²) in [6, 6.07) is 9.31. The first-order valence-electron chi connectivity index (χ1n) is 9.15. The van der Waals surface area contributed by atoms with Gasteiger partial charge in [0.15, 0.2) is 0 Å². The third-order valence-electron chi connectivity index (χ3n) is 4.76. The molecule has 6 nitrogen and oxygen atoms in total. The molecule has 1 aromatic heterocycles. The summed E-state index contributed by atoms with van der Waals surface area (Å²) in [5.41, 5.74) is 3.44. The topological polar surface area (TPSA) is 71.5 Å². The number of aryl methyl sites for hydroxylation is 2. The van der Waals surface area contributed by atoms with Gasteiger partial charge < -0.3 is 15.0 Å². The second-order valence-corrected chi connectivity index (χ2v) is 7.05. The number of aromatic nitrogens is 1. The van der Waals surface area contributed by atoms with E-state index in [1.54, 1.807) is 30.3 Å². The summed E-state index contributed by atoms with van der Waals surface area (Å²) in [5.74, 6) is 0.178. The maximum Gasteiger partial charge on any atom is 0.253 e. The molecule has 1 aliphatic heterocycles. The van der Waals surface area contributed by atoms with E-state index in [-0.39, 0.29) is 17.7 Å². The van der Waals surface area contributed by atoms with E-state index in [9.17, 15) is 9.59 Å². The first-order chi connectivity index (χ1) is 13.0. The Morgan fingerprint density at radius 1 is 1.19 bits per heavy atom. The highest BCUT2D eigenvalue weighted by atomic mass is 16.5. The van der Waals surface area contributed by atoms with E-state index in [4.69, 9.17) is 4.74 Å². The minimum Gasteiger partial charge on any atom is -0.481 e. The van der Waals surface area contributed by atoms with E-state index >= 15 is 0 Å². The maximum atomic E-state index is 12.9. The Balaban J connectivity index is 1.65. The van der Waals surface area contributed by atoms with Crippen molar-refractivity contribution in [1.29, 1.82) is 0 Å². The highest BCUT2D eigenvalue weighted by molar-refractivity contribution is 5.96. The van der Waals surface area contributed by atoms with E-state index < -0.39 is 0 Å². The van der Waals surface area contributed by atoms with Crippen LogP contribution >= 0.6 is 0 Å². The summed E-state index contributed by atoms with van der Waals surface area (Å²) in [6.45, 7) is 5.08. The zero-order valence-electron chi connectivity index (χ0n) is 16.0.